The number of halogens is 1. The first-order chi connectivity index (χ1) is 17.1. The molecule has 1 unspecified atom stereocenters. The van der Waals surface area contributed by atoms with Gasteiger partial charge >= 0.3 is 6.03 Å². The number of rotatable bonds is 8. The Morgan fingerprint density at radius 1 is 1.33 bits per heavy atom. The van der Waals surface area contributed by atoms with Gasteiger partial charge < -0.3 is 30.0 Å². The van der Waals surface area contributed by atoms with Crippen molar-refractivity contribution in [3.63, 3.8) is 0 Å². The fourth-order valence-corrected chi connectivity index (χ4v) is 4.03. The van der Waals surface area contributed by atoms with Crippen LogP contribution >= 0.6 is 0 Å². The van der Waals surface area contributed by atoms with Gasteiger partial charge in [-0.05, 0) is 60.5 Å². The second-order valence-corrected chi connectivity index (χ2v) is 10.4. The van der Waals surface area contributed by atoms with Crippen LogP contribution in [0.3, 0.4) is 0 Å². The molecule has 3 aromatic rings. The largest absolute Gasteiger partial charge is 0.490 e. The van der Waals surface area contributed by atoms with Crippen LogP contribution in [0.2, 0.25) is 0 Å². The lowest BCUT2D eigenvalue weighted by Crippen LogP contribution is -2.43. The van der Waals surface area contributed by atoms with Crippen LogP contribution in [0.25, 0.3) is 22.6 Å². The van der Waals surface area contributed by atoms with Crippen molar-refractivity contribution in [1.82, 2.24) is 30.0 Å². The van der Waals surface area contributed by atoms with Crippen LogP contribution in [-0.2, 0) is 4.74 Å². The fourth-order valence-electron chi connectivity index (χ4n) is 4.03. The molecule has 10 nitrogen and oxygen atoms in total. The van der Waals surface area contributed by atoms with E-state index in [1.165, 1.54) is 6.07 Å². The fraction of sp³-hybridized carbons (Fsp3) is 0.560. The summed E-state index contributed by atoms with van der Waals surface area (Å²) in [6.45, 7) is 7.63. The van der Waals surface area contributed by atoms with Gasteiger partial charge in [0.2, 0.25) is 0 Å². The number of ether oxygens (including phenoxy) is 2. The van der Waals surface area contributed by atoms with E-state index in [-0.39, 0.29) is 18.0 Å². The lowest BCUT2D eigenvalue weighted by atomic mass is 10.1. The highest BCUT2D eigenvalue weighted by Gasteiger charge is 2.24. The third kappa shape index (κ3) is 6.52. The molecule has 0 saturated carbocycles. The lowest BCUT2D eigenvalue weighted by Gasteiger charge is -2.22. The van der Waals surface area contributed by atoms with Crippen LogP contribution < -0.4 is 15.4 Å². The zero-order valence-corrected chi connectivity index (χ0v) is 21.7. The number of hydrogen-bond donors (Lipinski definition) is 3. The second-order valence-electron chi connectivity index (χ2n) is 10.4. The molecule has 196 valence electrons. The molecule has 11 heteroatoms. The first-order valence-electron chi connectivity index (χ1n) is 12.4. The van der Waals surface area contributed by atoms with Crippen molar-refractivity contribution in [2.45, 2.75) is 58.2 Å². The molecule has 2 amide bonds. The van der Waals surface area contributed by atoms with E-state index in [1.807, 2.05) is 34.9 Å². The number of imidazole rings is 1. The predicted octanol–water partition coefficient (Wildman–Crippen LogP) is 4.52. The third-order valence-corrected chi connectivity index (χ3v) is 5.69. The molecule has 1 saturated heterocycles. The Morgan fingerprint density at radius 3 is 2.83 bits per heavy atom. The van der Waals surface area contributed by atoms with Crippen molar-refractivity contribution >= 4 is 22.8 Å². The third-order valence-electron chi connectivity index (χ3n) is 5.69. The minimum Gasteiger partial charge on any atom is -0.490 e. The number of hydrogen-bond acceptors (Lipinski definition) is 6. The maximum atomic E-state index is 14.7. The van der Waals surface area contributed by atoms with Gasteiger partial charge in [0.1, 0.15) is 6.23 Å². The van der Waals surface area contributed by atoms with E-state index in [2.05, 4.69) is 25.5 Å². The summed E-state index contributed by atoms with van der Waals surface area (Å²) in [4.78, 5) is 22.5. The Kier molecular flexibility index (Phi) is 7.79. The quantitative estimate of drug-likeness (QED) is 0.392. The molecule has 1 aliphatic rings. The van der Waals surface area contributed by atoms with Crippen LogP contribution in [0.4, 0.5) is 14.9 Å². The zero-order chi connectivity index (χ0) is 25.9. The van der Waals surface area contributed by atoms with Gasteiger partial charge in [-0.3, -0.25) is 0 Å². The number of urea groups is 1. The van der Waals surface area contributed by atoms with Gasteiger partial charge in [-0.1, -0.05) is 0 Å². The number of aromatic nitrogens is 4. The number of aromatic amines is 1. The monoisotopic (exact) mass is 501 g/mol. The molecule has 1 atom stereocenters. The van der Waals surface area contributed by atoms with Crippen molar-refractivity contribution < 1.29 is 18.7 Å². The number of carbonyl (C=O) groups is 1. The van der Waals surface area contributed by atoms with Crippen LogP contribution in [-0.4, -0.2) is 70.1 Å². The van der Waals surface area contributed by atoms with Gasteiger partial charge in [-0.2, -0.15) is 5.10 Å². The van der Waals surface area contributed by atoms with E-state index in [0.717, 1.165) is 32.2 Å². The topological polar surface area (TPSA) is 109 Å². The van der Waals surface area contributed by atoms with Gasteiger partial charge in [0.25, 0.3) is 0 Å². The molecule has 0 radical (unpaired) electrons. The highest BCUT2D eigenvalue weighted by atomic mass is 19.1. The van der Waals surface area contributed by atoms with E-state index in [4.69, 9.17) is 14.6 Å². The molecular weight excluding hydrogens is 465 g/mol. The molecular formula is C25H36FN7O3. The molecule has 1 aliphatic heterocycles. The highest BCUT2D eigenvalue weighted by Crippen LogP contribution is 2.32. The minimum absolute atomic E-state index is 0.167. The van der Waals surface area contributed by atoms with Crippen LogP contribution in [0.1, 0.15) is 52.7 Å². The summed E-state index contributed by atoms with van der Waals surface area (Å²) in [5.41, 5.74) is 1.56. The summed E-state index contributed by atoms with van der Waals surface area (Å²) in [6.07, 6.45) is 5.19. The molecule has 1 aromatic carbocycles. The predicted molar refractivity (Wildman–Crippen MR) is 137 cm³/mol. The standard InChI is InChI=1S/C25H36FN7O3/c1-25(2,3)30-24(34)29-19-15-33(21-9-6-7-11-36-21)31-22(19)23-27-17-13-16(26)20(14-18(17)28-23)35-12-8-10-32(4)5/h13-15,21H,6-12H2,1-5H3,(H,27,28)(H2,29,30,34). The molecule has 4 rings (SSSR count). The van der Waals surface area contributed by atoms with Crippen LogP contribution in [0.5, 0.6) is 5.75 Å². The van der Waals surface area contributed by atoms with E-state index in [1.54, 1.807) is 16.9 Å². The van der Waals surface area contributed by atoms with E-state index < -0.39 is 11.4 Å². The smallest absolute Gasteiger partial charge is 0.319 e. The summed E-state index contributed by atoms with van der Waals surface area (Å²) in [6, 6.07) is 2.60. The maximum Gasteiger partial charge on any atom is 0.319 e. The number of carbonyl (C=O) groups excluding carboxylic acids is 1. The normalized spacial score (nSPS) is 16.5. The number of nitrogens with zero attached hydrogens (tertiary/aromatic N) is 4. The maximum absolute atomic E-state index is 14.7. The van der Waals surface area contributed by atoms with Gasteiger partial charge in [0.05, 0.1) is 29.5 Å². The summed E-state index contributed by atoms with van der Waals surface area (Å²) in [7, 11) is 3.96. The molecule has 36 heavy (non-hydrogen) atoms. The van der Waals surface area contributed by atoms with Gasteiger partial charge in [-0.15, -0.1) is 0 Å². The summed E-state index contributed by atoms with van der Waals surface area (Å²) < 4.78 is 27.9. The van der Waals surface area contributed by atoms with Crippen LogP contribution in [0.15, 0.2) is 18.3 Å². The SMILES string of the molecule is CN(C)CCCOc1cc2[nH]c(-c3nn(C4CCCCO4)cc3NC(=O)NC(C)(C)C)nc2cc1F. The number of H-pyrrole nitrogens is 1. The lowest BCUT2D eigenvalue weighted by molar-refractivity contribution is -0.0393. The Hall–Kier alpha value is -3.18. The van der Waals surface area contributed by atoms with Gasteiger partial charge in [0.15, 0.2) is 23.1 Å². The number of anilines is 1. The van der Waals surface area contributed by atoms with Crippen molar-refractivity contribution in [2.75, 3.05) is 39.2 Å². The van der Waals surface area contributed by atoms with E-state index in [9.17, 15) is 9.18 Å². The Labute approximate surface area is 210 Å². The number of benzene rings is 1. The Balaban J connectivity index is 1.62. The van der Waals surface area contributed by atoms with Crippen molar-refractivity contribution in [3.05, 3.63) is 24.1 Å². The molecule has 3 heterocycles. The van der Waals surface area contributed by atoms with E-state index in [0.29, 0.717) is 41.5 Å². The molecule has 3 N–H and O–H groups in total. The van der Waals surface area contributed by atoms with Crippen molar-refractivity contribution in [3.8, 4) is 17.3 Å². The Bertz CT molecular complexity index is 1190. The number of fused-ring (bicyclic) bond motifs is 1. The second kappa shape index (κ2) is 10.8. The number of amides is 2. The summed E-state index contributed by atoms with van der Waals surface area (Å²) >= 11 is 0. The molecule has 0 aliphatic carbocycles. The summed E-state index contributed by atoms with van der Waals surface area (Å²) in [5.74, 6) is 0.102. The van der Waals surface area contributed by atoms with Crippen LogP contribution in [0, 0.1) is 5.82 Å². The van der Waals surface area contributed by atoms with Gasteiger partial charge in [-0.25, -0.2) is 18.9 Å². The molecule has 0 spiro atoms. The summed E-state index contributed by atoms with van der Waals surface area (Å²) in [5, 5.41) is 10.5. The first kappa shape index (κ1) is 25.9. The number of nitrogens with one attached hydrogen (secondary N) is 3. The molecule has 0 bridgehead atoms. The first-order valence-corrected chi connectivity index (χ1v) is 12.4. The van der Waals surface area contributed by atoms with E-state index >= 15 is 0 Å². The highest BCUT2D eigenvalue weighted by molar-refractivity contribution is 5.94. The van der Waals surface area contributed by atoms with Gasteiger partial charge in [0, 0.05) is 30.8 Å². The zero-order valence-electron chi connectivity index (χ0n) is 21.7. The molecule has 2 aromatic heterocycles. The average molecular weight is 502 g/mol. The molecule has 1 fully saturated rings. The Morgan fingerprint density at radius 2 is 2.14 bits per heavy atom. The minimum atomic E-state index is -0.477. The van der Waals surface area contributed by atoms with Crippen molar-refractivity contribution in [2.24, 2.45) is 0 Å². The van der Waals surface area contributed by atoms with Crippen molar-refractivity contribution in [1.29, 1.82) is 0 Å². The average Bonchev–Trinajstić information content (AvgIpc) is 3.39.